The highest BCUT2D eigenvalue weighted by atomic mass is 16.5. The SMILES string of the molecule is CC(=C\C=C\C(C)=C\C(O)C(O)CC(C)O)/C=C(C)/C=C/C(=O)OC1CCCC(=O)OC(C(C)C/C(C)=C/C(C)C(O)CC(C)O)C/C=C\CC1C. The van der Waals surface area contributed by atoms with Gasteiger partial charge in [-0.05, 0) is 85.5 Å². The maximum absolute atomic E-state index is 12.9. The molecule has 5 N–H and O–H groups in total. The van der Waals surface area contributed by atoms with E-state index in [4.69, 9.17) is 9.47 Å². The first-order valence-corrected chi connectivity index (χ1v) is 18.9. The third-order valence-electron chi connectivity index (χ3n) is 9.18. The van der Waals surface area contributed by atoms with Gasteiger partial charge in [0, 0.05) is 31.3 Å². The molecule has 1 aliphatic rings. The topological polar surface area (TPSA) is 154 Å². The summed E-state index contributed by atoms with van der Waals surface area (Å²) in [5.74, 6) is -0.652. The first-order chi connectivity index (χ1) is 24.4. The van der Waals surface area contributed by atoms with Crippen molar-refractivity contribution in [1.29, 1.82) is 0 Å². The van der Waals surface area contributed by atoms with E-state index >= 15 is 0 Å². The van der Waals surface area contributed by atoms with Crippen LogP contribution in [0.2, 0.25) is 0 Å². The highest BCUT2D eigenvalue weighted by molar-refractivity contribution is 5.82. The Kier molecular flexibility index (Phi) is 22.6. The molecule has 0 fully saturated rings. The Morgan fingerprint density at radius 2 is 1.50 bits per heavy atom. The number of allylic oxidation sites excluding steroid dienone is 10. The maximum Gasteiger partial charge on any atom is 0.331 e. The van der Waals surface area contributed by atoms with E-state index in [1.54, 1.807) is 26.0 Å². The average molecular weight is 729 g/mol. The van der Waals surface area contributed by atoms with Gasteiger partial charge in [0.2, 0.25) is 0 Å². The maximum atomic E-state index is 12.9. The highest BCUT2D eigenvalue weighted by Crippen LogP contribution is 2.26. The number of rotatable bonds is 17. The van der Waals surface area contributed by atoms with Crippen molar-refractivity contribution < 1.29 is 44.6 Å². The molecule has 0 bridgehead atoms. The van der Waals surface area contributed by atoms with Gasteiger partial charge in [0.25, 0.3) is 0 Å². The number of aliphatic hydroxyl groups excluding tert-OH is 5. The van der Waals surface area contributed by atoms with Crippen molar-refractivity contribution in [2.45, 2.75) is 156 Å². The summed E-state index contributed by atoms with van der Waals surface area (Å²) in [6.45, 7) is 17.0. The van der Waals surface area contributed by atoms with Crippen LogP contribution in [-0.4, -0.2) is 80.2 Å². The molecule has 0 spiro atoms. The van der Waals surface area contributed by atoms with Crippen LogP contribution < -0.4 is 0 Å². The Bertz CT molecular complexity index is 1300. The lowest BCUT2D eigenvalue weighted by atomic mass is 9.90. The van der Waals surface area contributed by atoms with E-state index in [2.05, 4.69) is 19.9 Å². The van der Waals surface area contributed by atoms with E-state index in [0.717, 1.165) is 35.1 Å². The number of hydrogen-bond acceptors (Lipinski definition) is 9. The summed E-state index contributed by atoms with van der Waals surface area (Å²) in [7, 11) is 0. The van der Waals surface area contributed by atoms with E-state index in [9.17, 15) is 35.1 Å². The molecule has 0 aliphatic carbocycles. The average Bonchev–Trinajstić information content (AvgIpc) is 3.03. The van der Waals surface area contributed by atoms with Crippen LogP contribution in [0.15, 0.2) is 83.1 Å². The zero-order valence-electron chi connectivity index (χ0n) is 33.1. The molecule has 1 heterocycles. The van der Waals surface area contributed by atoms with Crippen LogP contribution in [-0.2, 0) is 19.1 Å². The number of aliphatic hydroxyl groups is 5. The van der Waals surface area contributed by atoms with Crippen LogP contribution in [0.3, 0.4) is 0 Å². The fraction of sp³-hybridized carbons (Fsp3) is 0.628. The normalized spacial score (nSPS) is 25.3. The molecule has 0 radical (unpaired) electrons. The quantitative estimate of drug-likeness (QED) is 0.0455. The predicted molar refractivity (Wildman–Crippen MR) is 208 cm³/mol. The second-order valence-corrected chi connectivity index (χ2v) is 15.1. The molecule has 52 heavy (non-hydrogen) atoms. The van der Waals surface area contributed by atoms with Gasteiger partial charge < -0.3 is 35.0 Å². The molecule has 9 heteroatoms. The van der Waals surface area contributed by atoms with Gasteiger partial charge in [0.15, 0.2) is 0 Å². The van der Waals surface area contributed by atoms with Crippen molar-refractivity contribution in [3.63, 3.8) is 0 Å². The van der Waals surface area contributed by atoms with Gasteiger partial charge in [-0.2, -0.15) is 0 Å². The standard InChI is InChI=1S/C43H68O9/c1-28(14-12-15-29(2)25-38(47)39(48)27-36(9)45)22-30(3)20-21-43(50)51-40-18-13-19-42(49)52-41(17-11-10-16-32(40)5)34(7)24-31(4)23-33(6)37(46)26-35(8)44/h10-12,14-15,20-23,25,32-41,44-48H,13,16-19,24,26-27H2,1-9H3/b11-10-,15-12+,21-20+,28-14+,29-25+,30-22+,31-23+. The summed E-state index contributed by atoms with van der Waals surface area (Å²) < 4.78 is 11.8. The zero-order chi connectivity index (χ0) is 39.4. The van der Waals surface area contributed by atoms with Gasteiger partial charge >= 0.3 is 11.9 Å². The van der Waals surface area contributed by atoms with Crippen LogP contribution in [0, 0.1) is 17.8 Å². The van der Waals surface area contributed by atoms with Crippen LogP contribution in [0.1, 0.15) is 114 Å². The van der Waals surface area contributed by atoms with Crippen molar-refractivity contribution in [2.24, 2.45) is 17.8 Å². The molecule has 1 rings (SSSR count). The fourth-order valence-electron chi connectivity index (χ4n) is 6.18. The molecule has 0 saturated heterocycles. The number of carbonyl (C=O) groups excluding carboxylic acids is 2. The summed E-state index contributed by atoms with van der Waals surface area (Å²) in [6, 6.07) is 0. The number of carbonyl (C=O) groups is 2. The molecule has 10 unspecified atom stereocenters. The van der Waals surface area contributed by atoms with E-state index in [-0.39, 0.29) is 48.8 Å². The Morgan fingerprint density at radius 3 is 2.15 bits per heavy atom. The summed E-state index contributed by atoms with van der Waals surface area (Å²) in [4.78, 5) is 25.7. The summed E-state index contributed by atoms with van der Waals surface area (Å²) >= 11 is 0. The zero-order valence-corrected chi connectivity index (χ0v) is 33.1. The lowest BCUT2D eigenvalue weighted by Gasteiger charge is -2.26. The first-order valence-electron chi connectivity index (χ1n) is 18.9. The van der Waals surface area contributed by atoms with Crippen LogP contribution in [0.4, 0.5) is 0 Å². The first kappa shape index (κ1) is 46.9. The lowest BCUT2D eigenvalue weighted by molar-refractivity contribution is -0.151. The Labute approximate surface area is 313 Å². The second kappa shape index (κ2) is 25.0. The van der Waals surface area contributed by atoms with Crippen molar-refractivity contribution >= 4 is 11.9 Å². The van der Waals surface area contributed by atoms with E-state index in [0.29, 0.717) is 25.7 Å². The number of cyclic esters (lactones) is 1. The van der Waals surface area contributed by atoms with Gasteiger partial charge in [0.05, 0.1) is 30.5 Å². The van der Waals surface area contributed by atoms with Crippen LogP contribution in [0.5, 0.6) is 0 Å². The number of hydrogen-bond donors (Lipinski definition) is 5. The third-order valence-corrected chi connectivity index (χ3v) is 9.18. The summed E-state index contributed by atoms with van der Waals surface area (Å²) in [6.07, 6.45) is 17.5. The second-order valence-electron chi connectivity index (χ2n) is 15.1. The minimum absolute atomic E-state index is 0.0633. The monoisotopic (exact) mass is 728 g/mol. The van der Waals surface area contributed by atoms with Crippen LogP contribution >= 0.6 is 0 Å². The lowest BCUT2D eigenvalue weighted by Crippen LogP contribution is -2.27. The van der Waals surface area contributed by atoms with Gasteiger partial charge in [-0.25, -0.2) is 4.79 Å². The molecular formula is C43H68O9. The van der Waals surface area contributed by atoms with Gasteiger partial charge in [-0.1, -0.05) is 97.7 Å². The van der Waals surface area contributed by atoms with Gasteiger partial charge in [0.1, 0.15) is 12.2 Å². The highest BCUT2D eigenvalue weighted by Gasteiger charge is 2.25. The Balaban J connectivity index is 2.79. The molecule has 0 aromatic rings. The molecule has 0 aromatic heterocycles. The Morgan fingerprint density at radius 1 is 0.865 bits per heavy atom. The number of esters is 2. The largest absolute Gasteiger partial charge is 0.462 e. The summed E-state index contributed by atoms with van der Waals surface area (Å²) in [5.41, 5.74) is 3.68. The Hall–Kier alpha value is -3.08. The van der Waals surface area contributed by atoms with Crippen molar-refractivity contribution in [1.82, 2.24) is 0 Å². The molecule has 10 atom stereocenters. The van der Waals surface area contributed by atoms with E-state index in [1.165, 1.54) is 6.08 Å². The third kappa shape index (κ3) is 20.8. The smallest absolute Gasteiger partial charge is 0.331 e. The van der Waals surface area contributed by atoms with E-state index < -0.39 is 36.5 Å². The molecular weight excluding hydrogens is 660 g/mol. The minimum Gasteiger partial charge on any atom is -0.462 e. The van der Waals surface area contributed by atoms with Crippen LogP contribution in [0.25, 0.3) is 0 Å². The molecule has 9 nitrogen and oxygen atoms in total. The molecule has 294 valence electrons. The molecule has 1 aliphatic heterocycles. The molecule has 0 saturated carbocycles. The van der Waals surface area contributed by atoms with Crippen molar-refractivity contribution in [3.05, 3.63) is 83.1 Å². The number of ether oxygens (including phenoxy) is 2. The fourth-order valence-corrected chi connectivity index (χ4v) is 6.18. The van der Waals surface area contributed by atoms with Gasteiger partial charge in [-0.15, -0.1) is 0 Å². The van der Waals surface area contributed by atoms with Gasteiger partial charge in [-0.3, -0.25) is 4.79 Å². The molecule has 0 amide bonds. The minimum atomic E-state index is -1.07. The predicted octanol–water partition coefficient (Wildman–Crippen LogP) is 7.15. The molecule has 0 aromatic carbocycles. The van der Waals surface area contributed by atoms with Crippen molar-refractivity contribution in [2.75, 3.05) is 0 Å². The van der Waals surface area contributed by atoms with E-state index in [1.807, 2.05) is 71.1 Å². The van der Waals surface area contributed by atoms with Crippen molar-refractivity contribution in [3.8, 4) is 0 Å². The summed E-state index contributed by atoms with van der Waals surface area (Å²) in [5, 5.41) is 49.4.